The standard InChI is InChI=1S/C12H24N2/c1-11(9-12-3-2-4-12)10-14-7-5-13-6-8-14/h11-13H,2-10H2,1H3. The summed E-state index contributed by atoms with van der Waals surface area (Å²) in [5, 5.41) is 3.41. The van der Waals surface area contributed by atoms with Crippen molar-refractivity contribution in [3.63, 3.8) is 0 Å². The zero-order valence-corrected chi connectivity index (χ0v) is 9.47. The highest BCUT2D eigenvalue weighted by molar-refractivity contribution is 4.75. The van der Waals surface area contributed by atoms with Gasteiger partial charge in [-0.25, -0.2) is 0 Å². The summed E-state index contributed by atoms with van der Waals surface area (Å²) in [5.41, 5.74) is 0. The molecule has 1 unspecified atom stereocenters. The average Bonchev–Trinajstić information content (AvgIpc) is 2.13. The van der Waals surface area contributed by atoms with Gasteiger partial charge in [0, 0.05) is 32.7 Å². The van der Waals surface area contributed by atoms with Crippen LogP contribution >= 0.6 is 0 Å². The Bertz CT molecular complexity index is 160. The van der Waals surface area contributed by atoms with Gasteiger partial charge in [-0.15, -0.1) is 0 Å². The molecule has 0 radical (unpaired) electrons. The van der Waals surface area contributed by atoms with E-state index < -0.39 is 0 Å². The third kappa shape index (κ3) is 2.96. The second kappa shape index (κ2) is 5.13. The first-order chi connectivity index (χ1) is 6.84. The minimum absolute atomic E-state index is 0.915. The molecule has 2 rings (SSSR count). The summed E-state index contributed by atoms with van der Waals surface area (Å²) in [6, 6.07) is 0. The van der Waals surface area contributed by atoms with Gasteiger partial charge in [-0.05, 0) is 18.3 Å². The molecule has 1 aliphatic carbocycles. The summed E-state index contributed by atoms with van der Waals surface area (Å²) >= 11 is 0. The minimum Gasteiger partial charge on any atom is -0.314 e. The fourth-order valence-corrected chi connectivity index (χ4v) is 2.71. The van der Waals surface area contributed by atoms with E-state index in [-0.39, 0.29) is 0 Å². The molecule has 1 atom stereocenters. The van der Waals surface area contributed by atoms with E-state index in [2.05, 4.69) is 17.1 Å². The molecule has 0 amide bonds. The van der Waals surface area contributed by atoms with E-state index in [1.807, 2.05) is 0 Å². The summed E-state index contributed by atoms with van der Waals surface area (Å²) in [6.07, 6.45) is 5.98. The van der Waals surface area contributed by atoms with Crippen LogP contribution in [0.4, 0.5) is 0 Å². The van der Waals surface area contributed by atoms with Crippen molar-refractivity contribution in [2.75, 3.05) is 32.7 Å². The van der Waals surface area contributed by atoms with Crippen molar-refractivity contribution >= 4 is 0 Å². The van der Waals surface area contributed by atoms with Crippen molar-refractivity contribution in [1.29, 1.82) is 0 Å². The van der Waals surface area contributed by atoms with Gasteiger partial charge in [0.25, 0.3) is 0 Å². The predicted molar refractivity (Wildman–Crippen MR) is 60.4 cm³/mol. The van der Waals surface area contributed by atoms with Gasteiger partial charge in [-0.1, -0.05) is 26.2 Å². The Kier molecular flexibility index (Phi) is 3.82. The fraction of sp³-hybridized carbons (Fsp3) is 1.00. The van der Waals surface area contributed by atoms with E-state index in [1.54, 1.807) is 0 Å². The molecular formula is C12H24N2. The SMILES string of the molecule is CC(CC1CCC1)CN1CCNCC1. The third-order valence-electron chi connectivity index (χ3n) is 3.74. The monoisotopic (exact) mass is 196 g/mol. The molecule has 2 nitrogen and oxygen atoms in total. The van der Waals surface area contributed by atoms with Crippen molar-refractivity contribution < 1.29 is 0 Å². The molecule has 1 saturated heterocycles. The third-order valence-corrected chi connectivity index (χ3v) is 3.74. The molecule has 1 saturated carbocycles. The second-order valence-corrected chi connectivity index (χ2v) is 5.19. The zero-order chi connectivity index (χ0) is 9.80. The number of nitrogens with one attached hydrogen (secondary N) is 1. The highest BCUT2D eigenvalue weighted by atomic mass is 15.2. The number of piperazine rings is 1. The van der Waals surface area contributed by atoms with Gasteiger partial charge in [0.05, 0.1) is 0 Å². The van der Waals surface area contributed by atoms with Crippen LogP contribution in [0.5, 0.6) is 0 Å². The van der Waals surface area contributed by atoms with E-state index in [0.29, 0.717) is 0 Å². The van der Waals surface area contributed by atoms with Crippen LogP contribution in [0.1, 0.15) is 32.6 Å². The Morgan fingerprint density at radius 1 is 1.29 bits per heavy atom. The van der Waals surface area contributed by atoms with Crippen molar-refractivity contribution in [2.24, 2.45) is 11.8 Å². The first-order valence-electron chi connectivity index (χ1n) is 6.27. The van der Waals surface area contributed by atoms with Crippen LogP contribution in [0.2, 0.25) is 0 Å². The molecule has 1 aliphatic heterocycles. The normalized spacial score (nSPS) is 27.2. The maximum Gasteiger partial charge on any atom is 0.0107 e. The highest BCUT2D eigenvalue weighted by Gasteiger charge is 2.21. The Labute approximate surface area is 88.1 Å². The molecule has 0 aromatic carbocycles. The van der Waals surface area contributed by atoms with Crippen molar-refractivity contribution in [2.45, 2.75) is 32.6 Å². The van der Waals surface area contributed by atoms with Gasteiger partial charge in [0.1, 0.15) is 0 Å². The van der Waals surface area contributed by atoms with Crippen LogP contribution in [0, 0.1) is 11.8 Å². The van der Waals surface area contributed by atoms with E-state index in [0.717, 1.165) is 11.8 Å². The van der Waals surface area contributed by atoms with E-state index in [9.17, 15) is 0 Å². The average molecular weight is 196 g/mol. The first kappa shape index (κ1) is 10.4. The lowest BCUT2D eigenvalue weighted by Crippen LogP contribution is -2.45. The summed E-state index contributed by atoms with van der Waals surface area (Å²) in [7, 11) is 0. The van der Waals surface area contributed by atoms with Gasteiger partial charge in [-0.3, -0.25) is 0 Å². The summed E-state index contributed by atoms with van der Waals surface area (Å²) in [6.45, 7) is 8.66. The smallest absolute Gasteiger partial charge is 0.0107 e. The molecule has 0 spiro atoms. The van der Waals surface area contributed by atoms with Crippen LogP contribution < -0.4 is 5.32 Å². The lowest BCUT2D eigenvalue weighted by atomic mass is 9.79. The number of nitrogens with zero attached hydrogens (tertiary/aromatic N) is 1. The highest BCUT2D eigenvalue weighted by Crippen LogP contribution is 2.32. The van der Waals surface area contributed by atoms with E-state index in [4.69, 9.17) is 0 Å². The molecule has 2 heteroatoms. The van der Waals surface area contributed by atoms with Gasteiger partial charge < -0.3 is 10.2 Å². The van der Waals surface area contributed by atoms with Crippen molar-refractivity contribution in [1.82, 2.24) is 10.2 Å². The largest absolute Gasteiger partial charge is 0.314 e. The quantitative estimate of drug-likeness (QED) is 0.736. The molecule has 1 N–H and O–H groups in total. The summed E-state index contributed by atoms with van der Waals surface area (Å²) < 4.78 is 0. The molecule has 2 fully saturated rings. The van der Waals surface area contributed by atoms with Gasteiger partial charge >= 0.3 is 0 Å². The van der Waals surface area contributed by atoms with Crippen LogP contribution in [0.15, 0.2) is 0 Å². The number of hydrogen-bond donors (Lipinski definition) is 1. The Balaban J connectivity index is 1.62. The molecule has 0 bridgehead atoms. The zero-order valence-electron chi connectivity index (χ0n) is 9.47. The molecule has 82 valence electrons. The lowest BCUT2D eigenvalue weighted by molar-refractivity contribution is 0.177. The Hall–Kier alpha value is -0.0800. The van der Waals surface area contributed by atoms with Crippen molar-refractivity contribution in [3.8, 4) is 0 Å². The Morgan fingerprint density at radius 3 is 2.57 bits per heavy atom. The number of hydrogen-bond acceptors (Lipinski definition) is 2. The Morgan fingerprint density at radius 2 is 2.00 bits per heavy atom. The van der Waals surface area contributed by atoms with Crippen LogP contribution in [-0.2, 0) is 0 Å². The van der Waals surface area contributed by atoms with Gasteiger partial charge in [0.15, 0.2) is 0 Å². The van der Waals surface area contributed by atoms with Crippen LogP contribution in [0.25, 0.3) is 0 Å². The molecule has 0 aromatic heterocycles. The van der Waals surface area contributed by atoms with Crippen molar-refractivity contribution in [3.05, 3.63) is 0 Å². The van der Waals surface area contributed by atoms with E-state index >= 15 is 0 Å². The maximum atomic E-state index is 3.41. The van der Waals surface area contributed by atoms with E-state index in [1.165, 1.54) is 58.4 Å². The predicted octanol–water partition coefficient (Wildman–Crippen LogP) is 1.72. The maximum absolute atomic E-state index is 3.41. The molecule has 0 aromatic rings. The topological polar surface area (TPSA) is 15.3 Å². The summed E-state index contributed by atoms with van der Waals surface area (Å²) in [4.78, 5) is 2.62. The van der Waals surface area contributed by atoms with Gasteiger partial charge in [0.2, 0.25) is 0 Å². The number of rotatable bonds is 4. The molecule has 14 heavy (non-hydrogen) atoms. The molecule has 1 heterocycles. The van der Waals surface area contributed by atoms with Crippen LogP contribution in [0.3, 0.4) is 0 Å². The summed E-state index contributed by atoms with van der Waals surface area (Å²) in [5.74, 6) is 1.99. The molecular weight excluding hydrogens is 172 g/mol. The fourth-order valence-electron chi connectivity index (χ4n) is 2.71. The first-order valence-corrected chi connectivity index (χ1v) is 6.27. The van der Waals surface area contributed by atoms with Gasteiger partial charge in [-0.2, -0.15) is 0 Å². The second-order valence-electron chi connectivity index (χ2n) is 5.19. The molecule has 2 aliphatic rings. The van der Waals surface area contributed by atoms with Crippen LogP contribution in [-0.4, -0.2) is 37.6 Å². The minimum atomic E-state index is 0.915. The lowest BCUT2D eigenvalue weighted by Gasteiger charge is -2.33.